The van der Waals surface area contributed by atoms with E-state index in [0.29, 0.717) is 46.2 Å². The van der Waals surface area contributed by atoms with Crippen molar-refractivity contribution in [2.75, 3.05) is 6.79 Å². The van der Waals surface area contributed by atoms with Gasteiger partial charge in [-0.15, -0.1) is 0 Å². The van der Waals surface area contributed by atoms with E-state index in [9.17, 15) is 9.59 Å². The van der Waals surface area contributed by atoms with Gasteiger partial charge < -0.3 is 19.5 Å². The molecule has 2 aliphatic carbocycles. The maximum Gasteiger partial charge on any atom is 0.337 e. The minimum atomic E-state index is -0.576. The van der Waals surface area contributed by atoms with Gasteiger partial charge in [-0.25, -0.2) is 4.79 Å². The number of Topliss-reactive ketones (excluding diaryl/α,β-unsaturated/α-hetero) is 1. The minimum absolute atomic E-state index is 0.0157. The highest BCUT2D eigenvalue weighted by Crippen LogP contribution is 2.50. The van der Waals surface area contributed by atoms with Crippen molar-refractivity contribution in [2.45, 2.75) is 63.4 Å². The molecule has 2 heterocycles. The molecule has 1 N–H and O–H groups in total. The summed E-state index contributed by atoms with van der Waals surface area (Å²) in [5.74, 6) is 0.326. The van der Waals surface area contributed by atoms with E-state index in [0.717, 1.165) is 47.0 Å². The lowest BCUT2D eigenvalue weighted by atomic mass is 9.71. The van der Waals surface area contributed by atoms with Crippen LogP contribution in [0.1, 0.15) is 68.4 Å². The number of dihydropyridines is 1. The maximum atomic E-state index is 13.9. The third-order valence-electron chi connectivity index (χ3n) is 7.77. The van der Waals surface area contributed by atoms with E-state index in [4.69, 9.17) is 25.8 Å². The van der Waals surface area contributed by atoms with Gasteiger partial charge in [0.15, 0.2) is 17.3 Å². The van der Waals surface area contributed by atoms with Crippen molar-refractivity contribution in [3.63, 3.8) is 0 Å². The van der Waals surface area contributed by atoms with E-state index in [-0.39, 0.29) is 30.6 Å². The Morgan fingerprint density at radius 2 is 1.78 bits per heavy atom. The summed E-state index contributed by atoms with van der Waals surface area (Å²) in [5, 5.41) is 4.09. The highest BCUT2D eigenvalue weighted by atomic mass is 79.9. The first-order valence-corrected chi connectivity index (χ1v) is 13.9. The van der Waals surface area contributed by atoms with Gasteiger partial charge in [0.05, 0.1) is 5.57 Å². The highest BCUT2D eigenvalue weighted by Gasteiger charge is 2.43. The smallest absolute Gasteiger partial charge is 0.337 e. The van der Waals surface area contributed by atoms with Crippen molar-refractivity contribution in [2.24, 2.45) is 0 Å². The van der Waals surface area contributed by atoms with E-state index >= 15 is 0 Å². The Labute approximate surface area is 229 Å². The van der Waals surface area contributed by atoms with Crippen LogP contribution >= 0.6 is 27.5 Å². The molecule has 2 aliphatic heterocycles. The van der Waals surface area contributed by atoms with Crippen LogP contribution in [0, 0.1) is 0 Å². The van der Waals surface area contributed by atoms with Crippen LogP contribution < -0.4 is 14.8 Å². The standard InChI is InChI=1S/C29H27BrClNO5/c1-15-26(29(34)37-19-4-2-3-5-19)27(20-12-24-25(13-21(20)30)36-14-35-24)28-22(32-15)10-17(11-23(28)33)16-6-8-18(31)9-7-16/h6-9,12-13,17,19,27,32H,2-5,10-11,14H2,1H3/t17-,27+/m1/s1. The number of fused-ring (bicyclic) bond motifs is 1. The summed E-state index contributed by atoms with van der Waals surface area (Å²) >= 11 is 9.78. The zero-order chi connectivity index (χ0) is 25.7. The Morgan fingerprint density at radius 3 is 2.51 bits per heavy atom. The second-order valence-electron chi connectivity index (χ2n) is 10.1. The molecule has 0 bridgehead atoms. The van der Waals surface area contributed by atoms with Crippen molar-refractivity contribution < 1.29 is 23.8 Å². The van der Waals surface area contributed by atoms with Crippen LogP contribution in [0.5, 0.6) is 11.5 Å². The average molecular weight is 585 g/mol. The van der Waals surface area contributed by atoms with Crippen LogP contribution in [0.4, 0.5) is 0 Å². The van der Waals surface area contributed by atoms with E-state index in [2.05, 4.69) is 21.2 Å². The molecule has 4 aliphatic rings. The molecule has 0 aromatic heterocycles. The van der Waals surface area contributed by atoms with Gasteiger partial charge in [-0.1, -0.05) is 39.7 Å². The molecule has 192 valence electrons. The number of carbonyl (C=O) groups excluding carboxylic acids is 2. The molecule has 0 saturated heterocycles. The molecule has 2 atom stereocenters. The minimum Gasteiger partial charge on any atom is -0.459 e. The molecule has 0 spiro atoms. The number of halogens is 2. The van der Waals surface area contributed by atoms with Gasteiger partial charge in [-0.05, 0) is 80.3 Å². The number of allylic oxidation sites excluding steroid dienone is 3. The lowest BCUT2D eigenvalue weighted by Crippen LogP contribution is -2.36. The molecule has 0 amide bonds. The maximum absolute atomic E-state index is 13.9. The number of esters is 1. The van der Waals surface area contributed by atoms with Gasteiger partial charge in [-0.3, -0.25) is 4.79 Å². The molecular weight excluding hydrogens is 558 g/mol. The molecule has 37 heavy (non-hydrogen) atoms. The molecular formula is C29H27BrClNO5. The number of ketones is 1. The number of carbonyl (C=O) groups is 2. The Hall–Kier alpha value is -2.77. The van der Waals surface area contributed by atoms with Crippen LogP contribution in [-0.4, -0.2) is 24.6 Å². The molecule has 6 rings (SSSR count). The number of ether oxygens (including phenoxy) is 3. The SMILES string of the molecule is CC1=C(C(=O)OC2CCCC2)[C@H](c2cc3c(cc2Br)OCO3)C2=C(C[C@@H](c3ccc(Cl)cc3)CC2=O)N1. The lowest BCUT2D eigenvalue weighted by Gasteiger charge is -2.37. The van der Waals surface area contributed by atoms with E-state index in [1.165, 1.54) is 0 Å². The number of hydrogen-bond donors (Lipinski definition) is 1. The third-order valence-corrected chi connectivity index (χ3v) is 8.71. The fourth-order valence-corrected chi connectivity index (χ4v) is 6.64. The quantitative estimate of drug-likeness (QED) is 0.404. The molecule has 8 heteroatoms. The summed E-state index contributed by atoms with van der Waals surface area (Å²) in [6.07, 6.45) is 4.80. The Bertz CT molecular complexity index is 1340. The summed E-state index contributed by atoms with van der Waals surface area (Å²) in [6.45, 7) is 2.03. The largest absolute Gasteiger partial charge is 0.459 e. The number of benzene rings is 2. The third kappa shape index (κ3) is 4.57. The van der Waals surface area contributed by atoms with Crippen LogP contribution in [0.15, 0.2) is 63.4 Å². The van der Waals surface area contributed by atoms with Gasteiger partial charge in [0.25, 0.3) is 0 Å². The van der Waals surface area contributed by atoms with Crippen LogP contribution in [-0.2, 0) is 14.3 Å². The van der Waals surface area contributed by atoms with Gasteiger partial charge in [0.2, 0.25) is 6.79 Å². The van der Waals surface area contributed by atoms with E-state index in [1.807, 2.05) is 43.3 Å². The second-order valence-corrected chi connectivity index (χ2v) is 11.4. The van der Waals surface area contributed by atoms with Gasteiger partial charge in [0, 0.05) is 38.8 Å². The lowest BCUT2D eigenvalue weighted by molar-refractivity contribution is -0.144. The predicted molar refractivity (Wildman–Crippen MR) is 143 cm³/mol. The number of hydrogen-bond acceptors (Lipinski definition) is 6. The van der Waals surface area contributed by atoms with E-state index in [1.54, 1.807) is 0 Å². The first-order chi connectivity index (χ1) is 17.9. The monoisotopic (exact) mass is 583 g/mol. The van der Waals surface area contributed by atoms with Crippen molar-refractivity contribution in [1.82, 2.24) is 5.32 Å². The second kappa shape index (κ2) is 9.84. The normalized spacial score (nSPS) is 23.3. The Kier molecular flexibility index (Phi) is 6.53. The number of rotatable bonds is 4. The summed E-state index contributed by atoms with van der Waals surface area (Å²) in [4.78, 5) is 27.5. The summed E-state index contributed by atoms with van der Waals surface area (Å²) in [6, 6.07) is 11.4. The summed E-state index contributed by atoms with van der Waals surface area (Å²) in [7, 11) is 0. The predicted octanol–water partition coefficient (Wildman–Crippen LogP) is 6.68. The molecule has 1 fully saturated rings. The molecule has 1 saturated carbocycles. The van der Waals surface area contributed by atoms with Gasteiger partial charge in [0.1, 0.15) is 6.10 Å². The van der Waals surface area contributed by atoms with Crippen molar-refractivity contribution >= 4 is 39.3 Å². The summed E-state index contributed by atoms with van der Waals surface area (Å²) < 4.78 is 17.9. The molecule has 6 nitrogen and oxygen atoms in total. The first kappa shape index (κ1) is 24.6. The molecule has 0 unspecified atom stereocenters. The van der Waals surface area contributed by atoms with Crippen molar-refractivity contribution in [3.8, 4) is 11.5 Å². The van der Waals surface area contributed by atoms with Crippen LogP contribution in [0.3, 0.4) is 0 Å². The first-order valence-electron chi connectivity index (χ1n) is 12.7. The highest BCUT2D eigenvalue weighted by molar-refractivity contribution is 9.10. The Balaban J connectivity index is 1.43. The topological polar surface area (TPSA) is 73.9 Å². The van der Waals surface area contributed by atoms with Gasteiger partial charge >= 0.3 is 5.97 Å². The Morgan fingerprint density at radius 1 is 1.08 bits per heavy atom. The molecule has 0 radical (unpaired) electrons. The number of nitrogens with one attached hydrogen (secondary N) is 1. The zero-order valence-corrected chi connectivity index (χ0v) is 22.8. The van der Waals surface area contributed by atoms with Crippen LogP contribution in [0.2, 0.25) is 5.02 Å². The van der Waals surface area contributed by atoms with Crippen molar-refractivity contribution in [3.05, 3.63) is 79.6 Å². The van der Waals surface area contributed by atoms with Crippen LogP contribution in [0.25, 0.3) is 0 Å². The molecule has 2 aromatic rings. The van der Waals surface area contributed by atoms with Gasteiger partial charge in [-0.2, -0.15) is 0 Å². The zero-order valence-electron chi connectivity index (χ0n) is 20.4. The van der Waals surface area contributed by atoms with Crippen molar-refractivity contribution in [1.29, 1.82) is 0 Å². The van der Waals surface area contributed by atoms with E-state index < -0.39 is 5.92 Å². The fourth-order valence-electron chi connectivity index (χ4n) is 5.97. The summed E-state index contributed by atoms with van der Waals surface area (Å²) in [5.41, 5.74) is 4.51. The average Bonchev–Trinajstić information content (AvgIpc) is 3.54. The molecule has 2 aromatic carbocycles. The fraction of sp³-hybridized carbons (Fsp3) is 0.379.